The minimum atomic E-state index is -4.60. The minimum Gasteiger partial charge on any atom is -0.756 e. The molecule has 0 aromatic carbocycles. The molecular formula is C82H165N2O6P. The van der Waals surface area contributed by atoms with Crippen molar-refractivity contribution in [2.24, 2.45) is 0 Å². The third kappa shape index (κ3) is 76.5. The molecule has 0 bridgehead atoms. The fourth-order valence-corrected chi connectivity index (χ4v) is 14.1. The SMILES string of the molecule is CCCCCCCCCCCCCCCCCCCCCCCCCCCCCCC/C=C/C(O)C(COP(=O)([O-])OCC[N+](C)(C)C)NC(=O)CCCCCCCCCCCCCCCCCCCCCCCCCCCCCCCCCCCCCCCC. The van der Waals surface area contributed by atoms with Crippen molar-refractivity contribution in [3.63, 3.8) is 0 Å². The molecule has 544 valence electrons. The first kappa shape index (κ1) is 90.2. The van der Waals surface area contributed by atoms with Gasteiger partial charge in [-0.3, -0.25) is 9.36 Å². The Kier molecular flexibility index (Phi) is 72.9. The second-order valence-electron chi connectivity index (χ2n) is 30.2. The van der Waals surface area contributed by atoms with Crippen LogP contribution in [0.2, 0.25) is 0 Å². The highest BCUT2D eigenvalue weighted by molar-refractivity contribution is 7.45. The van der Waals surface area contributed by atoms with Crippen molar-refractivity contribution in [2.75, 3.05) is 40.9 Å². The summed E-state index contributed by atoms with van der Waals surface area (Å²) in [6.07, 6.45) is 96.9. The Bertz CT molecular complexity index is 1490. The monoisotopic (exact) mass is 1310 g/mol. The number of nitrogens with zero attached hydrogens (tertiary/aromatic N) is 1. The number of likely N-dealkylation sites (N-methyl/N-ethyl adjacent to an activating group) is 1. The maximum Gasteiger partial charge on any atom is 0.268 e. The molecule has 1 amide bonds. The molecule has 0 saturated heterocycles. The number of aliphatic hydroxyl groups excluding tert-OH is 1. The first-order valence-electron chi connectivity index (χ1n) is 41.6. The highest BCUT2D eigenvalue weighted by Gasteiger charge is 2.23. The lowest BCUT2D eigenvalue weighted by atomic mass is 10.0. The average Bonchev–Trinajstić information content (AvgIpc) is 3.73. The van der Waals surface area contributed by atoms with Crippen LogP contribution in [0.1, 0.15) is 457 Å². The molecule has 0 rings (SSSR count). The van der Waals surface area contributed by atoms with Gasteiger partial charge in [0.2, 0.25) is 5.91 Å². The molecule has 9 heteroatoms. The maximum absolute atomic E-state index is 13.1. The predicted molar refractivity (Wildman–Crippen MR) is 399 cm³/mol. The van der Waals surface area contributed by atoms with Gasteiger partial charge in [-0.15, -0.1) is 0 Å². The highest BCUT2D eigenvalue weighted by atomic mass is 31.2. The zero-order valence-corrected chi connectivity index (χ0v) is 63.5. The van der Waals surface area contributed by atoms with Gasteiger partial charge in [-0.25, -0.2) is 0 Å². The van der Waals surface area contributed by atoms with Gasteiger partial charge in [0.1, 0.15) is 13.2 Å². The molecule has 0 heterocycles. The summed E-state index contributed by atoms with van der Waals surface area (Å²) in [5.74, 6) is -0.185. The van der Waals surface area contributed by atoms with Gasteiger partial charge < -0.3 is 28.8 Å². The van der Waals surface area contributed by atoms with Crippen LogP contribution in [0, 0.1) is 0 Å². The number of amides is 1. The van der Waals surface area contributed by atoms with Gasteiger partial charge in [0.25, 0.3) is 7.82 Å². The van der Waals surface area contributed by atoms with Gasteiger partial charge in [0.15, 0.2) is 0 Å². The number of rotatable bonds is 79. The smallest absolute Gasteiger partial charge is 0.268 e. The Hall–Kier alpha value is -0.760. The summed E-state index contributed by atoms with van der Waals surface area (Å²) in [6, 6.07) is -0.885. The number of allylic oxidation sites excluding steroid dienone is 1. The van der Waals surface area contributed by atoms with Crippen molar-refractivity contribution in [2.45, 2.75) is 469 Å². The molecule has 2 N–H and O–H groups in total. The second kappa shape index (κ2) is 73.5. The molecule has 3 atom stereocenters. The molecule has 91 heavy (non-hydrogen) atoms. The van der Waals surface area contributed by atoms with Gasteiger partial charge in [-0.2, -0.15) is 0 Å². The standard InChI is InChI=1S/C82H165N2O6P/c1-6-8-10-12-14-16-18-20-22-24-26-28-30-32-34-36-38-39-40-41-42-43-44-46-48-50-52-54-56-58-60-62-64-66-68-70-72-74-76-82(86)83-80(79-90-91(87,88)89-78-77-84(3,4)5)81(85)75-73-71-69-67-65-63-61-59-57-55-53-51-49-47-45-37-35-33-31-29-27-25-23-21-19-17-15-13-11-9-7-2/h73,75,80-81,85H,6-72,74,76-79H2,1-5H3,(H-,83,86,87,88)/b75-73+. The third-order valence-corrected chi connectivity index (χ3v) is 20.7. The van der Waals surface area contributed by atoms with Gasteiger partial charge in [-0.1, -0.05) is 443 Å². The fraction of sp³-hybridized carbons (Fsp3) is 0.963. The van der Waals surface area contributed by atoms with Gasteiger partial charge in [0.05, 0.1) is 39.9 Å². The zero-order chi connectivity index (χ0) is 66.2. The number of unbranched alkanes of at least 4 members (excludes halogenated alkanes) is 66. The van der Waals surface area contributed by atoms with Crippen LogP contribution >= 0.6 is 7.82 Å². The second-order valence-corrected chi connectivity index (χ2v) is 31.6. The van der Waals surface area contributed by atoms with Crippen LogP contribution in [0.4, 0.5) is 0 Å². The minimum absolute atomic E-state index is 0.00320. The van der Waals surface area contributed by atoms with E-state index >= 15 is 0 Å². The number of aliphatic hydroxyl groups is 1. The van der Waals surface area contributed by atoms with Crippen LogP contribution in [0.25, 0.3) is 0 Å². The van der Waals surface area contributed by atoms with E-state index in [2.05, 4.69) is 19.2 Å². The van der Waals surface area contributed by atoms with Crippen LogP contribution in [0.3, 0.4) is 0 Å². The first-order valence-corrected chi connectivity index (χ1v) is 43.0. The Morgan fingerprint density at radius 1 is 0.374 bits per heavy atom. The lowest BCUT2D eigenvalue weighted by Gasteiger charge is -2.29. The van der Waals surface area contributed by atoms with E-state index in [1.807, 2.05) is 27.2 Å². The topological polar surface area (TPSA) is 108 Å². The summed E-state index contributed by atoms with van der Waals surface area (Å²) in [7, 11) is 1.29. The molecular weight excluding hydrogens is 1140 g/mol. The van der Waals surface area contributed by atoms with Crippen molar-refractivity contribution in [3.05, 3.63) is 12.2 Å². The summed E-state index contributed by atoms with van der Waals surface area (Å²) >= 11 is 0. The van der Waals surface area contributed by atoms with Gasteiger partial charge >= 0.3 is 0 Å². The average molecular weight is 1310 g/mol. The van der Waals surface area contributed by atoms with E-state index in [0.717, 1.165) is 38.5 Å². The van der Waals surface area contributed by atoms with E-state index in [0.29, 0.717) is 17.4 Å². The Labute approximate surface area is 571 Å². The number of hydrogen-bond donors (Lipinski definition) is 2. The summed E-state index contributed by atoms with van der Waals surface area (Å²) < 4.78 is 23.5. The van der Waals surface area contributed by atoms with Crippen molar-refractivity contribution < 1.29 is 32.9 Å². The zero-order valence-electron chi connectivity index (χ0n) is 62.6. The van der Waals surface area contributed by atoms with Crippen molar-refractivity contribution in [3.8, 4) is 0 Å². The third-order valence-electron chi connectivity index (χ3n) is 19.7. The van der Waals surface area contributed by atoms with Crippen LogP contribution in [0.5, 0.6) is 0 Å². The molecule has 0 radical (unpaired) electrons. The van der Waals surface area contributed by atoms with Crippen molar-refractivity contribution in [1.82, 2.24) is 5.32 Å². The van der Waals surface area contributed by atoms with Crippen molar-refractivity contribution in [1.29, 1.82) is 0 Å². The summed E-state index contributed by atoms with van der Waals surface area (Å²) in [5, 5.41) is 14.0. The summed E-state index contributed by atoms with van der Waals surface area (Å²) in [6.45, 7) is 4.74. The van der Waals surface area contributed by atoms with E-state index in [-0.39, 0.29) is 19.1 Å². The summed E-state index contributed by atoms with van der Waals surface area (Å²) in [4.78, 5) is 25.7. The fourth-order valence-electron chi connectivity index (χ4n) is 13.3. The van der Waals surface area contributed by atoms with Crippen LogP contribution in [0.15, 0.2) is 12.2 Å². The lowest BCUT2D eigenvalue weighted by molar-refractivity contribution is -0.870. The Morgan fingerprint density at radius 2 is 0.593 bits per heavy atom. The van der Waals surface area contributed by atoms with Gasteiger partial charge in [-0.05, 0) is 19.3 Å². The highest BCUT2D eigenvalue weighted by Crippen LogP contribution is 2.38. The Morgan fingerprint density at radius 3 is 0.824 bits per heavy atom. The molecule has 0 aliphatic carbocycles. The van der Waals surface area contributed by atoms with E-state index in [4.69, 9.17) is 9.05 Å². The van der Waals surface area contributed by atoms with Crippen LogP contribution < -0.4 is 10.2 Å². The molecule has 8 nitrogen and oxygen atoms in total. The van der Waals surface area contributed by atoms with E-state index in [9.17, 15) is 19.4 Å². The molecule has 0 fully saturated rings. The number of nitrogens with one attached hydrogen (secondary N) is 1. The van der Waals surface area contributed by atoms with E-state index < -0.39 is 20.0 Å². The molecule has 0 saturated carbocycles. The quantitative estimate of drug-likeness (QED) is 0.0272. The van der Waals surface area contributed by atoms with Crippen LogP contribution in [-0.4, -0.2) is 68.5 Å². The normalized spacial score (nSPS) is 13.4. The molecule has 0 aromatic heterocycles. The maximum atomic E-state index is 13.1. The molecule has 0 spiro atoms. The molecule has 0 aliphatic heterocycles. The van der Waals surface area contributed by atoms with Crippen LogP contribution in [-0.2, 0) is 18.4 Å². The lowest BCUT2D eigenvalue weighted by Crippen LogP contribution is -2.45. The number of carbonyl (C=O) groups is 1. The summed E-state index contributed by atoms with van der Waals surface area (Å²) in [5.41, 5.74) is 0. The molecule has 3 unspecified atom stereocenters. The van der Waals surface area contributed by atoms with Gasteiger partial charge in [0, 0.05) is 6.42 Å². The number of phosphoric ester groups is 1. The number of hydrogen-bond acceptors (Lipinski definition) is 6. The number of quaternary nitrogens is 1. The first-order chi connectivity index (χ1) is 44.5. The van der Waals surface area contributed by atoms with E-state index in [1.54, 1.807) is 6.08 Å². The largest absolute Gasteiger partial charge is 0.756 e. The Balaban J connectivity index is 3.90. The molecule has 0 aromatic rings. The van der Waals surface area contributed by atoms with Crippen molar-refractivity contribution >= 4 is 13.7 Å². The number of carbonyl (C=O) groups excluding carboxylic acids is 1. The van der Waals surface area contributed by atoms with E-state index in [1.165, 1.54) is 398 Å². The number of phosphoric acid groups is 1. The molecule has 0 aliphatic rings. The predicted octanol–water partition coefficient (Wildman–Crippen LogP) is 26.6.